The quantitative estimate of drug-likeness (QED) is 0.192. The highest BCUT2D eigenvalue weighted by molar-refractivity contribution is 6.04. The summed E-state index contributed by atoms with van der Waals surface area (Å²) in [4.78, 5) is 15.0. The third-order valence-electron chi connectivity index (χ3n) is 10.4. The van der Waals surface area contributed by atoms with Crippen molar-refractivity contribution in [1.29, 1.82) is 5.26 Å². The first-order valence-electron chi connectivity index (χ1n) is 16.9. The minimum Gasteiger partial charge on any atom is -0.457 e. The summed E-state index contributed by atoms with van der Waals surface area (Å²) < 4.78 is 6.85. The average Bonchev–Trinajstić information content (AvgIpc) is 3.49. The van der Waals surface area contributed by atoms with Crippen LogP contribution < -0.4 is 4.74 Å². The number of aromatic nitrogens is 3. The third-order valence-corrected chi connectivity index (χ3v) is 10.4. The van der Waals surface area contributed by atoms with Gasteiger partial charge in [0.05, 0.1) is 17.0 Å². The van der Waals surface area contributed by atoms with Crippen LogP contribution in [-0.2, 0) is 5.41 Å². The van der Waals surface area contributed by atoms with Gasteiger partial charge in [-0.3, -0.25) is 0 Å². The zero-order chi connectivity index (χ0) is 33.2. The number of nitrogens with zero attached hydrogens (tertiary/aromatic N) is 4. The predicted octanol–water partition coefficient (Wildman–Crippen LogP) is 10.1. The molecular formula is C45H28N4O. The van der Waals surface area contributed by atoms with Crippen molar-refractivity contribution in [2.45, 2.75) is 18.3 Å². The van der Waals surface area contributed by atoms with Crippen molar-refractivity contribution in [2.75, 3.05) is 0 Å². The van der Waals surface area contributed by atoms with Crippen molar-refractivity contribution in [3.63, 3.8) is 0 Å². The molecule has 0 saturated heterocycles. The standard InChI is InChI=1S/C45H28N4O/c46-27-28-19-22-36-39(25-28)50-40-26-32(44-48-42(30-12-3-1-4-13-30)47-43(49-44)31-14-5-2-6-15-31)21-23-37(40)45(36)35-18-10-9-17-34(35)41-33-16-8-7-11-29(33)20-24-38(41)45/h1-20,22,24-26H,21,23H2. The van der Waals surface area contributed by atoms with Gasteiger partial charge in [-0.15, -0.1) is 0 Å². The van der Waals surface area contributed by atoms with Gasteiger partial charge in [-0.05, 0) is 69.6 Å². The molecule has 50 heavy (non-hydrogen) atoms. The van der Waals surface area contributed by atoms with Gasteiger partial charge in [0, 0.05) is 22.3 Å². The summed E-state index contributed by atoms with van der Waals surface area (Å²) in [6.07, 6.45) is 3.60. The summed E-state index contributed by atoms with van der Waals surface area (Å²) in [5.41, 5.74) is 10.1. The van der Waals surface area contributed by atoms with Crippen LogP contribution in [0.4, 0.5) is 0 Å². The smallest absolute Gasteiger partial charge is 0.164 e. The molecule has 6 aromatic carbocycles. The largest absolute Gasteiger partial charge is 0.457 e. The molecule has 1 unspecified atom stereocenters. The lowest BCUT2D eigenvalue weighted by atomic mass is 9.63. The number of rotatable bonds is 3. The summed E-state index contributed by atoms with van der Waals surface area (Å²) in [6, 6.07) is 50.3. The van der Waals surface area contributed by atoms with E-state index >= 15 is 0 Å². The van der Waals surface area contributed by atoms with E-state index in [1.54, 1.807) is 0 Å². The third kappa shape index (κ3) is 4.09. The Morgan fingerprint density at radius 1 is 0.600 bits per heavy atom. The minimum absolute atomic E-state index is 0.561. The lowest BCUT2D eigenvalue weighted by Gasteiger charge is -2.42. The van der Waals surface area contributed by atoms with Gasteiger partial charge < -0.3 is 4.74 Å². The Morgan fingerprint density at radius 3 is 2.02 bits per heavy atom. The molecule has 0 bridgehead atoms. The van der Waals surface area contributed by atoms with Gasteiger partial charge >= 0.3 is 0 Å². The molecule has 7 aromatic rings. The molecule has 5 heteroatoms. The zero-order valence-corrected chi connectivity index (χ0v) is 27.0. The molecule has 234 valence electrons. The van der Waals surface area contributed by atoms with Crippen LogP contribution in [0, 0.1) is 11.3 Å². The Balaban J connectivity index is 1.23. The summed E-state index contributed by atoms with van der Waals surface area (Å²) in [5, 5.41) is 12.4. The number of benzene rings is 6. The number of ether oxygens (including phenoxy) is 1. The van der Waals surface area contributed by atoms with E-state index in [-0.39, 0.29) is 0 Å². The molecule has 1 aliphatic heterocycles. The first-order chi connectivity index (χ1) is 24.7. The molecule has 2 aliphatic carbocycles. The monoisotopic (exact) mass is 640 g/mol. The maximum Gasteiger partial charge on any atom is 0.164 e. The maximum atomic E-state index is 9.94. The zero-order valence-electron chi connectivity index (χ0n) is 27.0. The number of hydrogen-bond acceptors (Lipinski definition) is 5. The number of allylic oxidation sites excluding steroid dienone is 3. The Labute approximate surface area is 289 Å². The normalized spacial score (nSPS) is 16.9. The van der Waals surface area contributed by atoms with Gasteiger partial charge in [0.15, 0.2) is 17.5 Å². The van der Waals surface area contributed by atoms with Gasteiger partial charge in [-0.2, -0.15) is 5.26 Å². The van der Waals surface area contributed by atoms with Crippen molar-refractivity contribution in [1.82, 2.24) is 15.0 Å². The van der Waals surface area contributed by atoms with Gasteiger partial charge in [0.1, 0.15) is 11.5 Å². The average molecular weight is 641 g/mol. The van der Waals surface area contributed by atoms with E-state index in [4.69, 9.17) is 19.7 Å². The van der Waals surface area contributed by atoms with Crippen LogP contribution in [0.15, 0.2) is 157 Å². The van der Waals surface area contributed by atoms with E-state index in [2.05, 4.69) is 78.9 Å². The molecular weight excluding hydrogens is 613 g/mol. The second kappa shape index (κ2) is 10.9. The molecule has 0 N–H and O–H groups in total. The fraction of sp³-hybridized carbons (Fsp3) is 0.0667. The van der Waals surface area contributed by atoms with Crippen molar-refractivity contribution in [3.05, 3.63) is 185 Å². The molecule has 3 aliphatic rings. The Bertz CT molecular complexity index is 2580. The lowest BCUT2D eigenvalue weighted by Crippen LogP contribution is -2.35. The van der Waals surface area contributed by atoms with E-state index in [9.17, 15) is 5.26 Å². The van der Waals surface area contributed by atoms with Crippen LogP contribution in [0.1, 0.15) is 40.9 Å². The van der Waals surface area contributed by atoms with Gasteiger partial charge in [0.25, 0.3) is 0 Å². The molecule has 1 atom stereocenters. The Kier molecular flexibility index (Phi) is 6.21. The molecule has 1 aromatic heterocycles. The van der Waals surface area contributed by atoms with Gasteiger partial charge in [-0.1, -0.05) is 127 Å². The minimum atomic E-state index is -0.585. The maximum absolute atomic E-state index is 9.94. The summed E-state index contributed by atoms with van der Waals surface area (Å²) >= 11 is 0. The fourth-order valence-electron chi connectivity index (χ4n) is 8.22. The summed E-state index contributed by atoms with van der Waals surface area (Å²) in [5.74, 6) is 3.38. The predicted molar refractivity (Wildman–Crippen MR) is 196 cm³/mol. The van der Waals surface area contributed by atoms with Crippen molar-refractivity contribution in [2.24, 2.45) is 0 Å². The molecule has 0 amide bonds. The molecule has 5 nitrogen and oxygen atoms in total. The second-order valence-corrected chi connectivity index (χ2v) is 13.0. The molecule has 1 spiro atoms. The topological polar surface area (TPSA) is 71.7 Å². The van der Waals surface area contributed by atoms with Crippen LogP contribution in [0.25, 0.3) is 50.2 Å². The Morgan fingerprint density at radius 2 is 1.26 bits per heavy atom. The fourth-order valence-corrected chi connectivity index (χ4v) is 8.22. The van der Waals surface area contributed by atoms with Crippen molar-refractivity contribution >= 4 is 16.3 Å². The second-order valence-electron chi connectivity index (χ2n) is 13.0. The number of nitriles is 1. The van der Waals surface area contributed by atoms with Crippen LogP contribution >= 0.6 is 0 Å². The van der Waals surface area contributed by atoms with Crippen LogP contribution in [0.3, 0.4) is 0 Å². The van der Waals surface area contributed by atoms with Crippen LogP contribution in [0.5, 0.6) is 5.75 Å². The summed E-state index contributed by atoms with van der Waals surface area (Å²) in [7, 11) is 0. The van der Waals surface area contributed by atoms with Gasteiger partial charge in [0.2, 0.25) is 0 Å². The van der Waals surface area contributed by atoms with E-state index in [0.29, 0.717) is 28.8 Å². The lowest BCUT2D eigenvalue weighted by molar-refractivity contribution is 0.389. The van der Waals surface area contributed by atoms with Crippen LogP contribution in [-0.4, -0.2) is 15.0 Å². The number of hydrogen-bond donors (Lipinski definition) is 0. The van der Waals surface area contributed by atoms with Crippen molar-refractivity contribution in [3.8, 4) is 45.7 Å². The SMILES string of the molecule is N#Cc1ccc2c(c1)OC1=C(CCC(c3nc(-c4ccccc4)nc(-c4ccccc4)n3)=C1)C21c2ccccc2-c2c1ccc1ccccc21. The van der Waals surface area contributed by atoms with E-state index < -0.39 is 5.41 Å². The highest BCUT2D eigenvalue weighted by Crippen LogP contribution is 2.63. The van der Waals surface area contributed by atoms with E-state index in [1.165, 1.54) is 38.6 Å². The van der Waals surface area contributed by atoms with E-state index in [0.717, 1.165) is 40.9 Å². The molecule has 2 heterocycles. The summed E-state index contributed by atoms with van der Waals surface area (Å²) in [6.45, 7) is 0. The molecule has 0 saturated carbocycles. The Hall–Kier alpha value is -6.64. The first-order valence-corrected chi connectivity index (χ1v) is 16.9. The van der Waals surface area contributed by atoms with Gasteiger partial charge in [-0.25, -0.2) is 15.0 Å². The molecule has 0 fully saturated rings. The number of fused-ring (bicyclic) bond motifs is 10. The highest BCUT2D eigenvalue weighted by atomic mass is 16.5. The van der Waals surface area contributed by atoms with Crippen LogP contribution in [0.2, 0.25) is 0 Å². The molecule has 0 radical (unpaired) electrons. The first kappa shape index (κ1) is 28.4. The molecule has 10 rings (SSSR count). The van der Waals surface area contributed by atoms with E-state index in [1.807, 2.05) is 72.8 Å². The highest BCUT2D eigenvalue weighted by Gasteiger charge is 2.52. The van der Waals surface area contributed by atoms with Crippen molar-refractivity contribution < 1.29 is 4.74 Å².